The van der Waals surface area contributed by atoms with E-state index < -0.39 is 20.0 Å². The Bertz CT molecular complexity index is 2690. The van der Waals surface area contributed by atoms with Gasteiger partial charge < -0.3 is 19.3 Å². The van der Waals surface area contributed by atoms with Gasteiger partial charge in [-0.1, -0.05) is 47.5 Å². The van der Waals surface area contributed by atoms with E-state index in [1.54, 1.807) is 86.2 Å². The average molecular weight is 1060 g/mol. The highest BCUT2D eigenvalue weighted by Crippen LogP contribution is 2.37. The van der Waals surface area contributed by atoms with Crippen LogP contribution >= 0.6 is 77.7 Å². The van der Waals surface area contributed by atoms with Crippen LogP contribution in [0.15, 0.2) is 114 Å². The maximum absolute atomic E-state index is 13.0. The third-order valence-corrected chi connectivity index (χ3v) is 18.0. The normalized spacial score (nSPS) is 15.4. The van der Waals surface area contributed by atoms with E-state index in [4.69, 9.17) is 42.6 Å². The maximum Gasteiger partial charge on any atom is 0.244 e. The minimum atomic E-state index is -3.54. The number of thiazole rings is 2. The van der Waals surface area contributed by atoms with Crippen molar-refractivity contribution in [1.82, 2.24) is 18.6 Å². The molecule has 2 aromatic heterocycles. The molecule has 0 aliphatic carbocycles. The second-order valence-electron chi connectivity index (χ2n) is 13.4. The Morgan fingerprint density at radius 3 is 1.52 bits per heavy atom. The summed E-state index contributed by atoms with van der Waals surface area (Å²) < 4.78 is 66.9. The quantitative estimate of drug-likeness (QED) is 0.131. The molecule has 0 radical (unpaired) electrons. The molecular formula is C40H38Br2Cl2N6O6S4. The van der Waals surface area contributed by atoms with E-state index in [0.29, 0.717) is 86.9 Å². The SMILES string of the molecule is COc1ccc(-c2csc(N3CCN(S(=O)(=O)c4ccccc4Br)CC3)n2)c(OC)c1.O=S(=O)(c1ccccc1Br)N1CCN(c2nc(-c3ccc(Cl)cc3Cl)cs2)CC1. The van der Waals surface area contributed by atoms with E-state index in [1.165, 1.54) is 19.9 Å². The zero-order valence-electron chi connectivity index (χ0n) is 32.2. The number of ether oxygens (including phenoxy) is 2. The summed E-state index contributed by atoms with van der Waals surface area (Å²) >= 11 is 22.0. The van der Waals surface area contributed by atoms with E-state index in [0.717, 1.165) is 38.5 Å². The van der Waals surface area contributed by atoms with Crippen LogP contribution in [0.5, 0.6) is 11.5 Å². The van der Waals surface area contributed by atoms with E-state index in [2.05, 4.69) is 41.7 Å². The van der Waals surface area contributed by atoms with Gasteiger partial charge in [-0.3, -0.25) is 0 Å². The standard InChI is InChI=1S/C21H22BrN3O4S2.C19H16BrCl2N3O2S2/c1-28-15-7-8-16(19(13-15)29-2)18-14-30-21(23-18)24-9-11-25(12-10-24)31(26,27)20-6-4-3-5-17(20)22;20-15-3-1-2-4-18(15)29(26,27)25-9-7-24(8-10-25)19-23-17(12-28-19)14-6-5-13(21)11-16(14)22/h3-8,13-14H,9-12H2,1-2H3;1-6,11-12H,7-10H2. The molecule has 316 valence electrons. The molecule has 0 bridgehead atoms. The van der Waals surface area contributed by atoms with Gasteiger partial charge in [-0.05, 0) is 86.5 Å². The fourth-order valence-electron chi connectivity index (χ4n) is 6.60. The number of methoxy groups -OCH3 is 2. The van der Waals surface area contributed by atoms with Crippen LogP contribution in [0.25, 0.3) is 22.5 Å². The fraction of sp³-hybridized carbons (Fsp3) is 0.250. The summed E-state index contributed by atoms with van der Waals surface area (Å²) in [6.45, 7) is 3.93. The molecule has 4 aromatic carbocycles. The zero-order chi connectivity index (χ0) is 42.6. The van der Waals surface area contributed by atoms with Gasteiger partial charge in [-0.15, -0.1) is 22.7 Å². The van der Waals surface area contributed by atoms with Crippen molar-refractivity contribution in [3.63, 3.8) is 0 Å². The van der Waals surface area contributed by atoms with Gasteiger partial charge in [0.2, 0.25) is 20.0 Å². The van der Waals surface area contributed by atoms with Crippen molar-refractivity contribution in [2.45, 2.75) is 9.79 Å². The van der Waals surface area contributed by atoms with Gasteiger partial charge in [-0.25, -0.2) is 26.8 Å². The predicted octanol–water partition coefficient (Wildman–Crippen LogP) is 9.49. The molecule has 0 N–H and O–H groups in total. The van der Waals surface area contributed by atoms with Crippen molar-refractivity contribution < 1.29 is 26.3 Å². The largest absolute Gasteiger partial charge is 0.497 e. The number of benzene rings is 4. The Hall–Kier alpha value is -3.30. The van der Waals surface area contributed by atoms with E-state index in [9.17, 15) is 16.8 Å². The maximum atomic E-state index is 13.0. The molecular weight excluding hydrogens is 1020 g/mol. The topological polar surface area (TPSA) is 125 Å². The molecule has 0 unspecified atom stereocenters. The van der Waals surface area contributed by atoms with Gasteiger partial charge >= 0.3 is 0 Å². The smallest absolute Gasteiger partial charge is 0.244 e. The fourth-order valence-corrected chi connectivity index (χ4v) is 13.6. The Kier molecular flexibility index (Phi) is 14.5. The van der Waals surface area contributed by atoms with Crippen molar-refractivity contribution in [3.05, 3.63) is 115 Å². The van der Waals surface area contributed by atoms with Crippen molar-refractivity contribution in [3.8, 4) is 34.0 Å². The van der Waals surface area contributed by atoms with Gasteiger partial charge in [0.25, 0.3) is 0 Å². The van der Waals surface area contributed by atoms with E-state index in [1.807, 2.05) is 35.0 Å². The summed E-state index contributed by atoms with van der Waals surface area (Å²) in [5, 5.41) is 6.79. The first-order valence-corrected chi connectivity index (χ1v) is 25.4. The molecule has 4 heterocycles. The second-order valence-corrected chi connectivity index (χ2v) is 21.4. The predicted molar refractivity (Wildman–Crippen MR) is 248 cm³/mol. The molecule has 60 heavy (non-hydrogen) atoms. The second kappa shape index (κ2) is 19.4. The first kappa shape index (κ1) is 44.7. The lowest BCUT2D eigenvalue weighted by molar-refractivity contribution is 0.384. The van der Waals surface area contributed by atoms with Crippen LogP contribution in [0.2, 0.25) is 10.0 Å². The number of rotatable bonds is 10. The highest BCUT2D eigenvalue weighted by Gasteiger charge is 2.32. The minimum Gasteiger partial charge on any atom is -0.497 e. The summed E-state index contributed by atoms with van der Waals surface area (Å²) in [6.07, 6.45) is 0. The van der Waals surface area contributed by atoms with Crippen LogP contribution in [0.3, 0.4) is 0 Å². The molecule has 0 spiro atoms. The number of piperazine rings is 2. The summed E-state index contributed by atoms with van der Waals surface area (Å²) in [4.78, 5) is 14.3. The van der Waals surface area contributed by atoms with Crippen LogP contribution in [0, 0.1) is 0 Å². The molecule has 2 aliphatic rings. The number of hydrogen-bond donors (Lipinski definition) is 0. The highest BCUT2D eigenvalue weighted by atomic mass is 79.9. The van der Waals surface area contributed by atoms with E-state index in [-0.39, 0.29) is 0 Å². The van der Waals surface area contributed by atoms with Crippen molar-refractivity contribution in [1.29, 1.82) is 0 Å². The number of anilines is 2. The lowest BCUT2D eigenvalue weighted by Crippen LogP contribution is -2.48. The number of halogens is 4. The first-order valence-electron chi connectivity index (χ1n) is 18.4. The molecule has 0 amide bonds. The third kappa shape index (κ3) is 9.83. The zero-order valence-corrected chi connectivity index (χ0v) is 40.1. The third-order valence-electron chi connectivity index (χ3n) is 9.80. The molecule has 8 rings (SSSR count). The molecule has 0 saturated carbocycles. The minimum absolute atomic E-state index is 0.294. The Morgan fingerprint density at radius 1 is 0.600 bits per heavy atom. The van der Waals surface area contributed by atoms with Crippen molar-refractivity contribution in [2.75, 3.05) is 76.4 Å². The number of aromatic nitrogens is 2. The van der Waals surface area contributed by atoms with Gasteiger partial charge in [0.15, 0.2) is 10.3 Å². The molecule has 2 fully saturated rings. The molecule has 20 heteroatoms. The summed E-state index contributed by atoms with van der Waals surface area (Å²) in [6, 6.07) is 24.8. The van der Waals surface area contributed by atoms with Crippen LogP contribution < -0.4 is 19.3 Å². The Balaban J connectivity index is 0.000000182. The lowest BCUT2D eigenvalue weighted by atomic mass is 10.1. The first-order chi connectivity index (χ1) is 28.8. The summed E-state index contributed by atoms with van der Waals surface area (Å²) in [5.41, 5.74) is 3.33. The van der Waals surface area contributed by atoms with Gasteiger partial charge in [-0.2, -0.15) is 8.61 Å². The highest BCUT2D eigenvalue weighted by molar-refractivity contribution is 9.10. The summed E-state index contributed by atoms with van der Waals surface area (Å²) in [5.74, 6) is 1.42. The number of sulfonamides is 2. The van der Waals surface area contributed by atoms with Gasteiger partial charge in [0, 0.05) is 94.3 Å². The van der Waals surface area contributed by atoms with E-state index >= 15 is 0 Å². The van der Waals surface area contributed by atoms with Crippen molar-refractivity contribution in [2.24, 2.45) is 0 Å². The summed E-state index contributed by atoms with van der Waals surface area (Å²) in [7, 11) is -3.83. The molecule has 12 nitrogen and oxygen atoms in total. The molecule has 2 saturated heterocycles. The average Bonchev–Trinajstić information content (AvgIpc) is 3.95. The molecule has 2 aliphatic heterocycles. The van der Waals surface area contributed by atoms with Crippen LogP contribution in [-0.2, 0) is 20.0 Å². The van der Waals surface area contributed by atoms with Gasteiger partial charge in [0.05, 0.1) is 40.4 Å². The van der Waals surface area contributed by atoms with Crippen LogP contribution in [0.1, 0.15) is 0 Å². The Morgan fingerprint density at radius 2 is 1.07 bits per heavy atom. The van der Waals surface area contributed by atoms with Crippen LogP contribution in [-0.4, -0.2) is 102 Å². The van der Waals surface area contributed by atoms with Gasteiger partial charge in [0.1, 0.15) is 11.5 Å². The van der Waals surface area contributed by atoms with Crippen molar-refractivity contribution >= 4 is 108 Å². The molecule has 0 atom stereocenters. The number of nitrogens with zero attached hydrogens (tertiary/aromatic N) is 6. The lowest BCUT2D eigenvalue weighted by Gasteiger charge is -2.34. The van der Waals surface area contributed by atoms with Crippen LogP contribution in [0.4, 0.5) is 10.3 Å². The number of hydrogen-bond acceptors (Lipinski definition) is 12. The molecule has 6 aromatic rings. The monoisotopic (exact) mass is 1050 g/mol. The Labute approximate surface area is 384 Å².